The summed E-state index contributed by atoms with van der Waals surface area (Å²) in [6.45, 7) is 0.160. The largest absolute Gasteiger partial charge is 0.349 e. The van der Waals surface area contributed by atoms with Gasteiger partial charge in [0.25, 0.3) is 0 Å². The number of H-pyrrole nitrogens is 1. The first kappa shape index (κ1) is 5.31. The molecule has 1 N–H and O–H groups in total. The van der Waals surface area contributed by atoms with Crippen LogP contribution in [0.2, 0.25) is 0 Å². The Morgan fingerprint density at radius 1 is 1.75 bits per heavy atom. The van der Waals surface area contributed by atoms with Gasteiger partial charge in [0, 0.05) is 25.4 Å². The quantitative estimate of drug-likeness (QED) is 0.572. The second kappa shape index (κ2) is 2.47. The van der Waals surface area contributed by atoms with Gasteiger partial charge in [-0.1, -0.05) is 0 Å². The Bertz CT molecular complexity index is 133. The van der Waals surface area contributed by atoms with Gasteiger partial charge in [0.15, 0.2) is 0 Å². The van der Waals surface area contributed by atoms with Gasteiger partial charge in [0.2, 0.25) is 0 Å². The first-order valence-electron chi connectivity index (χ1n) is 2.52. The molecule has 1 rings (SSSR count). The third-order valence-corrected chi connectivity index (χ3v) is 0.903. The van der Waals surface area contributed by atoms with E-state index in [9.17, 15) is 0 Å². The molecule has 0 aliphatic heterocycles. The Labute approximate surface area is 47.9 Å². The van der Waals surface area contributed by atoms with Crippen molar-refractivity contribution < 1.29 is 0 Å². The standard InChI is InChI=1S/C5H7N3/c6-2-1-5-7-3-4-8-5/h3-4H,1-2H2,(H,7,8). The molecule has 0 amide bonds. The zero-order chi connectivity index (χ0) is 5.82. The lowest BCUT2D eigenvalue weighted by atomic mass is 10.4. The van der Waals surface area contributed by atoms with Crippen LogP contribution in [-0.2, 0) is 6.42 Å². The Balaban J connectivity index is 2.50. The molecule has 1 aromatic heterocycles. The number of hydrogen-bond acceptors (Lipinski definition) is 1. The average Bonchev–Trinajstić information content (AvgIpc) is 2.19. The van der Waals surface area contributed by atoms with E-state index in [1.807, 2.05) is 0 Å². The van der Waals surface area contributed by atoms with E-state index in [1.165, 1.54) is 0 Å². The smallest absolute Gasteiger partial charge is 0.107 e. The summed E-state index contributed by atoms with van der Waals surface area (Å²) in [5.41, 5.74) is 8.38. The van der Waals surface area contributed by atoms with E-state index in [4.69, 9.17) is 5.73 Å². The summed E-state index contributed by atoms with van der Waals surface area (Å²) < 4.78 is 0. The molecule has 0 fully saturated rings. The van der Waals surface area contributed by atoms with Crippen LogP contribution in [0.3, 0.4) is 0 Å². The molecule has 1 heterocycles. The zero-order valence-electron chi connectivity index (χ0n) is 4.46. The van der Waals surface area contributed by atoms with Gasteiger partial charge in [0.1, 0.15) is 5.82 Å². The second-order valence-electron chi connectivity index (χ2n) is 1.51. The molecular weight excluding hydrogens is 102 g/mol. The molecule has 0 aromatic carbocycles. The molecule has 3 heteroatoms. The average molecular weight is 109 g/mol. The van der Waals surface area contributed by atoms with Crippen molar-refractivity contribution in [3.05, 3.63) is 18.2 Å². The summed E-state index contributed by atoms with van der Waals surface area (Å²) in [7, 11) is 0. The molecule has 0 saturated heterocycles. The van der Waals surface area contributed by atoms with Crippen LogP contribution in [-0.4, -0.2) is 16.5 Å². The first-order chi connectivity index (χ1) is 3.93. The third-order valence-electron chi connectivity index (χ3n) is 0.903. The molecule has 0 saturated carbocycles. The van der Waals surface area contributed by atoms with Crippen molar-refractivity contribution in [3.8, 4) is 0 Å². The van der Waals surface area contributed by atoms with E-state index in [1.54, 1.807) is 12.4 Å². The van der Waals surface area contributed by atoms with Crippen LogP contribution in [0, 0.1) is 0 Å². The maximum absolute atomic E-state index is 8.38. The summed E-state index contributed by atoms with van der Waals surface area (Å²) in [6, 6.07) is 0. The van der Waals surface area contributed by atoms with E-state index in [0.29, 0.717) is 6.42 Å². The highest BCUT2D eigenvalue weighted by atomic mass is 14.9. The molecule has 0 atom stereocenters. The number of nitrogens with zero attached hydrogens (tertiary/aromatic N) is 2. The van der Waals surface area contributed by atoms with Crippen molar-refractivity contribution in [2.45, 2.75) is 6.42 Å². The van der Waals surface area contributed by atoms with E-state index < -0.39 is 0 Å². The minimum absolute atomic E-state index is 0.160. The maximum atomic E-state index is 8.38. The number of rotatable bonds is 2. The van der Waals surface area contributed by atoms with Crippen molar-refractivity contribution in [1.29, 1.82) is 0 Å². The Kier molecular flexibility index (Phi) is 1.64. The van der Waals surface area contributed by atoms with Crippen molar-refractivity contribution in [3.63, 3.8) is 0 Å². The van der Waals surface area contributed by atoms with Gasteiger partial charge in [-0.05, 0) is 0 Å². The third kappa shape index (κ3) is 1.07. The molecule has 0 bridgehead atoms. The number of imidazole rings is 1. The summed E-state index contributed by atoms with van der Waals surface area (Å²) in [6.07, 6.45) is 4.03. The van der Waals surface area contributed by atoms with Crippen molar-refractivity contribution in [2.75, 3.05) is 6.54 Å². The molecule has 0 unspecified atom stereocenters. The molecule has 0 spiro atoms. The van der Waals surface area contributed by atoms with Gasteiger partial charge >= 0.3 is 0 Å². The Morgan fingerprint density at radius 3 is 3.12 bits per heavy atom. The van der Waals surface area contributed by atoms with Crippen molar-refractivity contribution in [2.24, 2.45) is 0 Å². The van der Waals surface area contributed by atoms with E-state index in [2.05, 4.69) is 9.97 Å². The maximum Gasteiger partial charge on any atom is 0.107 e. The monoisotopic (exact) mass is 109 g/mol. The molecule has 1 aromatic rings. The van der Waals surface area contributed by atoms with E-state index in [-0.39, 0.29) is 6.54 Å². The highest BCUT2D eigenvalue weighted by Gasteiger charge is 1.88. The van der Waals surface area contributed by atoms with E-state index >= 15 is 0 Å². The molecule has 2 radical (unpaired) electrons. The highest BCUT2D eigenvalue weighted by molar-refractivity contribution is 4.86. The van der Waals surface area contributed by atoms with Crippen LogP contribution in [0.1, 0.15) is 5.82 Å². The molecule has 3 nitrogen and oxygen atoms in total. The van der Waals surface area contributed by atoms with E-state index in [0.717, 1.165) is 5.82 Å². The fourth-order valence-electron chi connectivity index (χ4n) is 0.541. The SMILES string of the molecule is [N]CCc1ncc[nH]1. The lowest BCUT2D eigenvalue weighted by Crippen LogP contribution is -1.93. The van der Waals surface area contributed by atoms with Gasteiger partial charge < -0.3 is 4.98 Å². The molecule has 0 aliphatic carbocycles. The number of aromatic nitrogens is 2. The van der Waals surface area contributed by atoms with Crippen LogP contribution >= 0.6 is 0 Å². The Hall–Kier alpha value is -0.830. The second-order valence-corrected chi connectivity index (χ2v) is 1.51. The number of aromatic amines is 1. The normalized spacial score (nSPS) is 9.62. The van der Waals surface area contributed by atoms with Gasteiger partial charge in [-0.2, -0.15) is 0 Å². The fourth-order valence-corrected chi connectivity index (χ4v) is 0.541. The highest BCUT2D eigenvalue weighted by Crippen LogP contribution is 1.86. The zero-order valence-corrected chi connectivity index (χ0v) is 4.46. The summed E-state index contributed by atoms with van der Waals surface area (Å²) in [5.74, 6) is 0.840. The molecule has 8 heavy (non-hydrogen) atoms. The molecular formula is C5H7N3. The first-order valence-corrected chi connectivity index (χ1v) is 2.52. The van der Waals surface area contributed by atoms with Gasteiger partial charge in [-0.25, -0.2) is 4.98 Å². The minimum atomic E-state index is 0.160. The molecule has 42 valence electrons. The lowest BCUT2D eigenvalue weighted by Gasteiger charge is -1.84. The lowest BCUT2D eigenvalue weighted by molar-refractivity contribution is 0.876. The minimum Gasteiger partial charge on any atom is -0.349 e. The predicted molar refractivity (Wildman–Crippen MR) is 29.3 cm³/mol. The van der Waals surface area contributed by atoms with Gasteiger partial charge in [-0.3, -0.25) is 0 Å². The van der Waals surface area contributed by atoms with Crippen LogP contribution < -0.4 is 5.73 Å². The Morgan fingerprint density at radius 2 is 2.62 bits per heavy atom. The fraction of sp³-hybridized carbons (Fsp3) is 0.400. The van der Waals surface area contributed by atoms with Gasteiger partial charge in [0.05, 0.1) is 0 Å². The van der Waals surface area contributed by atoms with Crippen LogP contribution in [0.15, 0.2) is 12.4 Å². The van der Waals surface area contributed by atoms with Gasteiger partial charge in [-0.15, -0.1) is 5.73 Å². The van der Waals surface area contributed by atoms with Crippen LogP contribution in [0.4, 0.5) is 0 Å². The van der Waals surface area contributed by atoms with Crippen LogP contribution in [0.5, 0.6) is 0 Å². The topological polar surface area (TPSA) is 51.0 Å². The summed E-state index contributed by atoms with van der Waals surface area (Å²) in [5, 5.41) is 0. The van der Waals surface area contributed by atoms with Crippen LogP contribution in [0.25, 0.3) is 0 Å². The number of nitrogens with one attached hydrogen (secondary N) is 1. The molecule has 0 aliphatic rings. The summed E-state index contributed by atoms with van der Waals surface area (Å²) >= 11 is 0. The number of hydrogen-bond donors (Lipinski definition) is 1. The predicted octanol–water partition coefficient (Wildman–Crippen LogP) is 0.0209. The van der Waals surface area contributed by atoms with Crippen molar-refractivity contribution >= 4 is 0 Å². The summed E-state index contributed by atoms with van der Waals surface area (Å²) in [4.78, 5) is 6.76. The van der Waals surface area contributed by atoms with Crippen molar-refractivity contribution in [1.82, 2.24) is 15.7 Å².